The van der Waals surface area contributed by atoms with Gasteiger partial charge >= 0.3 is 5.63 Å². The van der Waals surface area contributed by atoms with Crippen molar-refractivity contribution < 1.29 is 9.15 Å². The van der Waals surface area contributed by atoms with Gasteiger partial charge in [-0.3, -0.25) is 5.43 Å². The number of thiazole rings is 1. The van der Waals surface area contributed by atoms with Crippen LogP contribution in [0.5, 0.6) is 5.75 Å². The van der Waals surface area contributed by atoms with Crippen molar-refractivity contribution in [2.24, 2.45) is 5.10 Å². The van der Waals surface area contributed by atoms with Crippen LogP contribution in [0.15, 0.2) is 71.1 Å². The maximum absolute atomic E-state index is 12.5. The minimum atomic E-state index is -0.444. The maximum atomic E-state index is 12.5. The van der Waals surface area contributed by atoms with Crippen molar-refractivity contribution in [2.75, 3.05) is 12.5 Å². The summed E-state index contributed by atoms with van der Waals surface area (Å²) in [4.78, 5) is 17.0. The van der Waals surface area contributed by atoms with Gasteiger partial charge < -0.3 is 9.15 Å². The number of nitrogens with zero attached hydrogens (tertiary/aromatic N) is 2. The van der Waals surface area contributed by atoms with Gasteiger partial charge in [0.05, 0.1) is 28.6 Å². The smallest absolute Gasteiger partial charge is 0.345 e. The van der Waals surface area contributed by atoms with E-state index in [1.807, 2.05) is 43.3 Å². The predicted molar refractivity (Wildman–Crippen MR) is 128 cm³/mol. The zero-order valence-corrected chi connectivity index (χ0v) is 19.9. The molecule has 0 saturated heterocycles. The van der Waals surface area contributed by atoms with Crippen LogP contribution in [-0.2, 0) is 0 Å². The number of anilines is 1. The molecule has 4 aromatic rings. The molecule has 2 aromatic heterocycles. The zero-order valence-electron chi connectivity index (χ0n) is 15.9. The monoisotopic (exact) mass is 547 g/mol. The summed E-state index contributed by atoms with van der Waals surface area (Å²) < 4.78 is 12.3. The molecule has 0 aliphatic rings. The third-order valence-electron chi connectivity index (χ3n) is 4.36. The van der Waals surface area contributed by atoms with E-state index < -0.39 is 5.63 Å². The van der Waals surface area contributed by atoms with Crippen molar-refractivity contribution in [1.82, 2.24) is 4.98 Å². The van der Waals surface area contributed by atoms with Crippen LogP contribution in [0, 0.1) is 0 Å². The molecule has 30 heavy (non-hydrogen) atoms. The van der Waals surface area contributed by atoms with Gasteiger partial charge in [0, 0.05) is 15.2 Å². The van der Waals surface area contributed by atoms with Gasteiger partial charge in [-0.2, -0.15) is 5.10 Å². The van der Waals surface area contributed by atoms with E-state index in [2.05, 4.69) is 47.4 Å². The number of fused-ring (bicyclic) bond motifs is 1. The predicted octanol–water partition coefficient (Wildman–Crippen LogP) is 6.29. The Kier molecular flexibility index (Phi) is 6.03. The Morgan fingerprint density at radius 3 is 2.70 bits per heavy atom. The van der Waals surface area contributed by atoms with Gasteiger partial charge in [-0.25, -0.2) is 9.78 Å². The first kappa shape index (κ1) is 20.8. The first-order chi connectivity index (χ1) is 14.4. The number of methoxy groups -OCH3 is 1. The highest BCUT2D eigenvalue weighted by Crippen LogP contribution is 2.31. The fourth-order valence-electron chi connectivity index (χ4n) is 2.81. The van der Waals surface area contributed by atoms with E-state index in [1.165, 1.54) is 11.3 Å². The lowest BCUT2D eigenvalue weighted by atomic mass is 10.1. The van der Waals surface area contributed by atoms with E-state index in [0.717, 1.165) is 26.9 Å². The molecule has 9 heteroatoms. The van der Waals surface area contributed by atoms with E-state index in [1.54, 1.807) is 18.6 Å². The van der Waals surface area contributed by atoms with Crippen LogP contribution in [0.3, 0.4) is 0 Å². The van der Waals surface area contributed by atoms with Crippen molar-refractivity contribution in [1.29, 1.82) is 0 Å². The Morgan fingerprint density at radius 1 is 1.20 bits per heavy atom. The molecule has 0 radical (unpaired) electrons. The molecule has 0 spiro atoms. The molecule has 2 heterocycles. The SMILES string of the molecule is COc1ccc(/C(C)=N/Nc2nc(-c3cc4cc(Br)cc(Br)c4oc3=O)cs2)cc1. The summed E-state index contributed by atoms with van der Waals surface area (Å²) in [6.45, 7) is 1.90. The normalized spacial score (nSPS) is 11.7. The first-order valence-electron chi connectivity index (χ1n) is 8.78. The molecule has 0 fully saturated rings. The molecule has 6 nitrogen and oxygen atoms in total. The third-order valence-corrected chi connectivity index (χ3v) is 6.15. The second-order valence-corrected chi connectivity index (χ2v) is 8.96. The lowest BCUT2D eigenvalue weighted by Crippen LogP contribution is -2.03. The highest BCUT2D eigenvalue weighted by atomic mass is 79.9. The lowest BCUT2D eigenvalue weighted by Gasteiger charge is -2.04. The van der Waals surface area contributed by atoms with Gasteiger partial charge in [-0.1, -0.05) is 15.9 Å². The minimum absolute atomic E-state index is 0.396. The molecule has 152 valence electrons. The largest absolute Gasteiger partial charge is 0.497 e. The highest BCUT2D eigenvalue weighted by Gasteiger charge is 2.13. The van der Waals surface area contributed by atoms with Crippen LogP contribution in [0.1, 0.15) is 12.5 Å². The highest BCUT2D eigenvalue weighted by molar-refractivity contribution is 9.11. The third kappa shape index (κ3) is 4.33. The van der Waals surface area contributed by atoms with Gasteiger partial charge in [0.15, 0.2) is 5.58 Å². The number of aromatic nitrogens is 1. The lowest BCUT2D eigenvalue weighted by molar-refractivity contribution is 0.415. The maximum Gasteiger partial charge on any atom is 0.345 e. The fraction of sp³-hybridized carbons (Fsp3) is 0.0952. The molecule has 2 aromatic carbocycles. The number of benzene rings is 2. The second kappa shape index (κ2) is 8.71. The van der Waals surface area contributed by atoms with E-state index in [9.17, 15) is 4.79 Å². The number of hydrogen-bond acceptors (Lipinski definition) is 7. The zero-order chi connectivity index (χ0) is 21.3. The van der Waals surface area contributed by atoms with Gasteiger partial charge in [-0.15, -0.1) is 11.3 Å². The number of hydrazone groups is 1. The Balaban J connectivity index is 1.59. The number of nitrogens with one attached hydrogen (secondary N) is 1. The van der Waals surface area contributed by atoms with Crippen LogP contribution in [-0.4, -0.2) is 17.8 Å². The Bertz CT molecular complexity index is 1310. The molecule has 0 aliphatic carbocycles. The van der Waals surface area contributed by atoms with Crippen LogP contribution >= 0.6 is 43.2 Å². The molecule has 0 aliphatic heterocycles. The average Bonchev–Trinajstić information content (AvgIpc) is 3.21. The summed E-state index contributed by atoms with van der Waals surface area (Å²) in [7, 11) is 1.63. The minimum Gasteiger partial charge on any atom is -0.497 e. The average molecular weight is 549 g/mol. The van der Waals surface area contributed by atoms with Gasteiger partial charge in [0.2, 0.25) is 5.13 Å². The van der Waals surface area contributed by atoms with Crippen molar-refractivity contribution in [3.8, 4) is 17.0 Å². The molecule has 0 saturated carbocycles. The summed E-state index contributed by atoms with van der Waals surface area (Å²) in [5.74, 6) is 0.789. The van der Waals surface area contributed by atoms with Crippen molar-refractivity contribution in [2.45, 2.75) is 6.92 Å². The Hall–Kier alpha value is -2.49. The van der Waals surface area contributed by atoms with Gasteiger partial charge in [0.25, 0.3) is 0 Å². The molecular weight excluding hydrogens is 534 g/mol. The van der Waals surface area contributed by atoms with Crippen molar-refractivity contribution in [3.63, 3.8) is 0 Å². The van der Waals surface area contributed by atoms with Crippen molar-refractivity contribution >= 4 is 65.0 Å². The van der Waals surface area contributed by atoms with Gasteiger partial charge in [0.1, 0.15) is 5.75 Å². The molecule has 0 amide bonds. The topological polar surface area (TPSA) is 76.7 Å². The Labute approximate surface area is 192 Å². The number of ether oxygens (including phenoxy) is 1. The standard InChI is InChI=1S/C21H15Br2N3O3S/c1-11(12-3-5-15(28-2)6-4-12)25-26-21-24-18(10-30-21)16-8-13-7-14(22)9-17(23)19(13)29-20(16)27/h3-10H,1-2H3,(H,24,26)/b25-11+. The molecule has 0 unspecified atom stereocenters. The molecule has 1 N–H and O–H groups in total. The second-order valence-electron chi connectivity index (χ2n) is 6.33. The van der Waals surface area contributed by atoms with Crippen LogP contribution < -0.4 is 15.8 Å². The Morgan fingerprint density at radius 2 is 1.97 bits per heavy atom. The van der Waals surface area contributed by atoms with Crippen molar-refractivity contribution in [3.05, 3.63) is 72.8 Å². The van der Waals surface area contributed by atoms with Crippen LogP contribution in [0.2, 0.25) is 0 Å². The fourth-order valence-corrected chi connectivity index (χ4v) is 4.80. The number of hydrogen-bond donors (Lipinski definition) is 1. The number of rotatable bonds is 5. The summed E-state index contributed by atoms with van der Waals surface area (Å²) >= 11 is 8.23. The summed E-state index contributed by atoms with van der Waals surface area (Å²) in [5, 5.41) is 7.55. The van der Waals surface area contributed by atoms with Crippen LogP contribution in [0.4, 0.5) is 5.13 Å². The summed E-state index contributed by atoms with van der Waals surface area (Å²) in [6.07, 6.45) is 0. The summed E-state index contributed by atoms with van der Waals surface area (Å²) in [6, 6.07) is 13.1. The van der Waals surface area contributed by atoms with Crippen LogP contribution in [0.25, 0.3) is 22.2 Å². The molecule has 0 atom stereocenters. The van der Waals surface area contributed by atoms with E-state index in [4.69, 9.17) is 9.15 Å². The molecule has 4 rings (SSSR count). The molecule has 0 bridgehead atoms. The first-order valence-corrected chi connectivity index (χ1v) is 11.2. The summed E-state index contributed by atoms with van der Waals surface area (Å²) in [5.41, 5.74) is 5.70. The number of halogens is 2. The van der Waals surface area contributed by atoms with E-state index >= 15 is 0 Å². The van der Waals surface area contributed by atoms with Gasteiger partial charge in [-0.05, 0) is 70.9 Å². The van der Waals surface area contributed by atoms with E-state index in [-0.39, 0.29) is 0 Å². The molecular formula is C21H15Br2N3O3S. The quantitative estimate of drug-likeness (QED) is 0.180. The van der Waals surface area contributed by atoms with E-state index in [0.29, 0.717) is 26.4 Å².